The molecule has 1 aromatic carbocycles. The van der Waals surface area contributed by atoms with Crippen LogP contribution in [0.2, 0.25) is 0 Å². The second kappa shape index (κ2) is 5.16. The molecular weight excluding hydrogens is 252 g/mol. The Morgan fingerprint density at radius 2 is 2.00 bits per heavy atom. The number of aryl methyl sites for hydroxylation is 1. The van der Waals surface area contributed by atoms with E-state index in [2.05, 4.69) is 4.72 Å². The summed E-state index contributed by atoms with van der Waals surface area (Å²) in [6.45, 7) is 2.86. The van der Waals surface area contributed by atoms with Crippen molar-refractivity contribution in [2.45, 2.75) is 25.0 Å². The first kappa shape index (κ1) is 13.2. The maximum absolute atomic E-state index is 12.2. The van der Waals surface area contributed by atoms with Crippen molar-refractivity contribution in [3.63, 3.8) is 0 Å². The van der Waals surface area contributed by atoms with E-state index in [9.17, 15) is 8.42 Å². The first-order chi connectivity index (χ1) is 8.49. The largest absolute Gasteiger partial charge is 0.399 e. The molecule has 0 aliphatic carbocycles. The number of anilines is 2. The van der Waals surface area contributed by atoms with E-state index in [0.29, 0.717) is 37.4 Å². The summed E-state index contributed by atoms with van der Waals surface area (Å²) in [5, 5.41) is -0.371. The summed E-state index contributed by atoms with van der Waals surface area (Å²) in [7, 11) is -3.34. The number of rotatable bonds is 3. The molecule has 1 aliphatic rings. The van der Waals surface area contributed by atoms with Gasteiger partial charge in [-0.2, -0.15) is 0 Å². The molecule has 6 heteroatoms. The Kier molecular flexibility index (Phi) is 3.77. The predicted molar refractivity (Wildman–Crippen MR) is 72.0 cm³/mol. The van der Waals surface area contributed by atoms with Crippen LogP contribution in [0, 0.1) is 6.92 Å². The molecule has 1 heterocycles. The van der Waals surface area contributed by atoms with Gasteiger partial charge in [-0.15, -0.1) is 0 Å². The van der Waals surface area contributed by atoms with Crippen LogP contribution < -0.4 is 10.5 Å². The Morgan fingerprint density at radius 1 is 1.33 bits per heavy atom. The van der Waals surface area contributed by atoms with Crippen LogP contribution in [-0.4, -0.2) is 26.9 Å². The van der Waals surface area contributed by atoms with Crippen molar-refractivity contribution in [3.8, 4) is 0 Å². The van der Waals surface area contributed by atoms with Gasteiger partial charge in [-0.05, 0) is 43.5 Å². The highest BCUT2D eigenvalue weighted by Crippen LogP contribution is 2.21. The summed E-state index contributed by atoms with van der Waals surface area (Å²) in [5.74, 6) is 0. The van der Waals surface area contributed by atoms with Crippen LogP contribution in [0.5, 0.6) is 0 Å². The lowest BCUT2D eigenvalue weighted by Gasteiger charge is -2.22. The maximum Gasteiger partial charge on any atom is 0.235 e. The molecule has 18 heavy (non-hydrogen) atoms. The van der Waals surface area contributed by atoms with Gasteiger partial charge in [0.05, 0.1) is 5.25 Å². The summed E-state index contributed by atoms with van der Waals surface area (Å²) in [6, 6.07) is 5.13. The lowest BCUT2D eigenvalue weighted by atomic mass is 10.2. The normalized spacial score (nSPS) is 17.6. The second-order valence-electron chi connectivity index (χ2n) is 4.53. The van der Waals surface area contributed by atoms with Crippen LogP contribution in [0.3, 0.4) is 0 Å². The third-order valence-electron chi connectivity index (χ3n) is 3.14. The highest BCUT2D eigenvalue weighted by Gasteiger charge is 2.27. The van der Waals surface area contributed by atoms with Gasteiger partial charge in [-0.3, -0.25) is 4.72 Å². The zero-order valence-electron chi connectivity index (χ0n) is 10.3. The minimum Gasteiger partial charge on any atom is -0.399 e. The SMILES string of the molecule is Cc1cc(NS(=O)(=O)C2CCOCC2)ccc1N. The highest BCUT2D eigenvalue weighted by molar-refractivity contribution is 7.93. The minimum atomic E-state index is -3.34. The number of hydrogen-bond donors (Lipinski definition) is 2. The van der Waals surface area contributed by atoms with Crippen molar-refractivity contribution in [1.29, 1.82) is 0 Å². The van der Waals surface area contributed by atoms with Crippen LogP contribution in [0.15, 0.2) is 18.2 Å². The molecule has 1 aliphatic heterocycles. The van der Waals surface area contributed by atoms with Crippen molar-refractivity contribution >= 4 is 21.4 Å². The van der Waals surface area contributed by atoms with Gasteiger partial charge in [-0.1, -0.05) is 0 Å². The molecule has 2 rings (SSSR count). The van der Waals surface area contributed by atoms with Crippen molar-refractivity contribution in [1.82, 2.24) is 0 Å². The zero-order valence-corrected chi connectivity index (χ0v) is 11.2. The fourth-order valence-electron chi connectivity index (χ4n) is 1.97. The number of nitrogens with one attached hydrogen (secondary N) is 1. The monoisotopic (exact) mass is 270 g/mol. The molecule has 3 N–H and O–H groups in total. The molecular formula is C12H18N2O3S. The molecule has 100 valence electrons. The van der Waals surface area contributed by atoms with E-state index in [1.54, 1.807) is 18.2 Å². The number of sulfonamides is 1. The Morgan fingerprint density at radius 3 is 2.61 bits per heavy atom. The average molecular weight is 270 g/mol. The van der Waals surface area contributed by atoms with Crippen LogP contribution in [0.4, 0.5) is 11.4 Å². The smallest absolute Gasteiger partial charge is 0.235 e. The first-order valence-electron chi connectivity index (χ1n) is 5.94. The molecule has 1 saturated heterocycles. The third kappa shape index (κ3) is 2.94. The fourth-order valence-corrected chi connectivity index (χ4v) is 3.41. The molecule has 0 atom stereocenters. The molecule has 0 aromatic heterocycles. The first-order valence-corrected chi connectivity index (χ1v) is 7.49. The minimum absolute atomic E-state index is 0.371. The van der Waals surface area contributed by atoms with Crippen LogP contribution >= 0.6 is 0 Å². The van der Waals surface area contributed by atoms with Gasteiger partial charge in [0.25, 0.3) is 0 Å². The highest BCUT2D eigenvalue weighted by atomic mass is 32.2. The van der Waals surface area contributed by atoms with Crippen molar-refractivity contribution in [3.05, 3.63) is 23.8 Å². The lowest BCUT2D eigenvalue weighted by Crippen LogP contribution is -2.33. The summed E-state index contributed by atoms with van der Waals surface area (Å²) >= 11 is 0. The van der Waals surface area contributed by atoms with Crippen molar-refractivity contribution in [2.24, 2.45) is 0 Å². The quantitative estimate of drug-likeness (QED) is 0.815. The van der Waals surface area contributed by atoms with E-state index < -0.39 is 10.0 Å². The van der Waals surface area contributed by atoms with E-state index in [1.807, 2.05) is 6.92 Å². The van der Waals surface area contributed by atoms with Crippen LogP contribution in [0.25, 0.3) is 0 Å². The molecule has 0 saturated carbocycles. The molecule has 0 unspecified atom stereocenters. The van der Waals surface area contributed by atoms with E-state index in [1.165, 1.54) is 0 Å². The van der Waals surface area contributed by atoms with Gasteiger partial charge in [0.2, 0.25) is 10.0 Å². The van der Waals surface area contributed by atoms with Gasteiger partial charge in [0.15, 0.2) is 0 Å². The number of hydrogen-bond acceptors (Lipinski definition) is 4. The summed E-state index contributed by atoms with van der Waals surface area (Å²) in [5.41, 5.74) is 7.78. The molecule has 5 nitrogen and oxygen atoms in total. The number of nitrogen functional groups attached to an aromatic ring is 1. The van der Waals surface area contributed by atoms with Crippen LogP contribution in [0.1, 0.15) is 18.4 Å². The van der Waals surface area contributed by atoms with E-state index >= 15 is 0 Å². The zero-order chi connectivity index (χ0) is 13.2. The van der Waals surface area contributed by atoms with Gasteiger partial charge in [0, 0.05) is 24.6 Å². The average Bonchev–Trinajstić information content (AvgIpc) is 2.35. The molecule has 0 radical (unpaired) electrons. The Bertz CT molecular complexity index is 522. The Hall–Kier alpha value is -1.27. The van der Waals surface area contributed by atoms with Gasteiger partial charge >= 0.3 is 0 Å². The molecule has 0 amide bonds. The molecule has 0 spiro atoms. The summed E-state index contributed by atoms with van der Waals surface area (Å²) < 4.78 is 32.1. The van der Waals surface area contributed by atoms with E-state index in [-0.39, 0.29) is 5.25 Å². The van der Waals surface area contributed by atoms with Crippen molar-refractivity contribution in [2.75, 3.05) is 23.7 Å². The van der Waals surface area contributed by atoms with Gasteiger partial charge < -0.3 is 10.5 Å². The Balaban J connectivity index is 2.13. The predicted octanol–water partition coefficient (Wildman–Crippen LogP) is 1.50. The van der Waals surface area contributed by atoms with Crippen LogP contribution in [-0.2, 0) is 14.8 Å². The molecule has 1 fully saturated rings. The molecule has 0 bridgehead atoms. The maximum atomic E-state index is 12.2. The summed E-state index contributed by atoms with van der Waals surface area (Å²) in [6.07, 6.45) is 1.09. The second-order valence-corrected chi connectivity index (χ2v) is 6.49. The summed E-state index contributed by atoms with van der Waals surface area (Å²) in [4.78, 5) is 0. The third-order valence-corrected chi connectivity index (χ3v) is 5.01. The van der Waals surface area contributed by atoms with E-state index in [0.717, 1.165) is 5.56 Å². The van der Waals surface area contributed by atoms with Gasteiger partial charge in [-0.25, -0.2) is 8.42 Å². The van der Waals surface area contributed by atoms with Gasteiger partial charge in [0.1, 0.15) is 0 Å². The number of ether oxygens (including phenoxy) is 1. The van der Waals surface area contributed by atoms with Crippen molar-refractivity contribution < 1.29 is 13.2 Å². The fraction of sp³-hybridized carbons (Fsp3) is 0.500. The topological polar surface area (TPSA) is 81.4 Å². The number of benzene rings is 1. The lowest BCUT2D eigenvalue weighted by molar-refractivity contribution is 0.0984. The molecule has 1 aromatic rings. The number of nitrogens with two attached hydrogens (primary N) is 1. The standard InChI is InChI=1S/C12H18N2O3S/c1-9-8-10(2-3-12(9)13)14-18(15,16)11-4-6-17-7-5-11/h2-3,8,11,14H,4-7,13H2,1H3. The Labute approximate surface area is 107 Å². The van der Waals surface area contributed by atoms with E-state index in [4.69, 9.17) is 10.5 Å².